The molecule has 0 aromatic rings. The lowest BCUT2D eigenvalue weighted by Gasteiger charge is -2.24. The predicted octanol–water partition coefficient (Wildman–Crippen LogP) is 7.50. The third-order valence-corrected chi connectivity index (χ3v) is 5.70. The average molecular weight is 307 g/mol. The van der Waals surface area contributed by atoms with Crippen LogP contribution in [0.3, 0.4) is 0 Å². The van der Waals surface area contributed by atoms with Crippen molar-refractivity contribution < 1.29 is 0 Å². The van der Waals surface area contributed by atoms with Gasteiger partial charge in [-0.2, -0.15) is 0 Å². The van der Waals surface area contributed by atoms with Crippen LogP contribution in [0, 0.1) is 35.0 Å². The lowest BCUT2D eigenvalue weighted by atomic mass is 9.82. The summed E-state index contributed by atoms with van der Waals surface area (Å²) in [6, 6.07) is 0. The molecule has 0 bridgehead atoms. The van der Waals surface area contributed by atoms with Gasteiger partial charge in [-0.3, -0.25) is 0 Å². The van der Waals surface area contributed by atoms with Gasteiger partial charge < -0.3 is 0 Å². The molecule has 0 amide bonds. The molecule has 0 aliphatic carbocycles. The van der Waals surface area contributed by atoms with E-state index in [1.165, 1.54) is 25.7 Å². The summed E-state index contributed by atoms with van der Waals surface area (Å²) >= 11 is 0. The van der Waals surface area contributed by atoms with Crippen molar-refractivity contribution in [3.8, 4) is 0 Å². The molecular formula is C22H42. The van der Waals surface area contributed by atoms with Crippen molar-refractivity contribution in [2.45, 2.75) is 88.0 Å². The van der Waals surface area contributed by atoms with Gasteiger partial charge in [-0.25, -0.2) is 0 Å². The summed E-state index contributed by atoms with van der Waals surface area (Å²) in [4.78, 5) is 0. The van der Waals surface area contributed by atoms with Gasteiger partial charge in [-0.05, 0) is 60.0 Å². The van der Waals surface area contributed by atoms with Crippen LogP contribution in [0.25, 0.3) is 0 Å². The molecule has 0 fully saturated rings. The first kappa shape index (κ1) is 21.5. The van der Waals surface area contributed by atoms with Crippen LogP contribution in [-0.4, -0.2) is 0 Å². The van der Waals surface area contributed by atoms with Crippen LogP contribution >= 0.6 is 0 Å². The average Bonchev–Trinajstić information content (AvgIpc) is 2.43. The van der Waals surface area contributed by atoms with Gasteiger partial charge in [0.05, 0.1) is 0 Å². The van der Waals surface area contributed by atoms with E-state index in [-0.39, 0.29) is 5.41 Å². The third kappa shape index (κ3) is 9.52. The Hall–Kier alpha value is -0.480. The highest BCUT2D eigenvalue weighted by Crippen LogP contribution is 2.27. The highest BCUT2D eigenvalue weighted by Gasteiger charge is 2.16. The maximum Gasteiger partial charge on any atom is -0.0102 e. The largest absolute Gasteiger partial charge is 0.129 e. The van der Waals surface area contributed by atoms with Gasteiger partial charge in [0.15, 0.2) is 0 Å². The fraction of sp³-hybridized carbons (Fsp3) is 0.864. The molecule has 4 unspecified atom stereocenters. The van der Waals surface area contributed by atoms with Crippen molar-refractivity contribution in [3.63, 3.8) is 0 Å². The molecule has 0 heteroatoms. The van der Waals surface area contributed by atoms with Gasteiger partial charge >= 0.3 is 0 Å². The Morgan fingerprint density at radius 3 is 1.91 bits per heavy atom. The molecule has 0 N–H and O–H groups in total. The van der Waals surface area contributed by atoms with Crippen molar-refractivity contribution in [3.05, 3.63) is 17.9 Å². The Balaban J connectivity index is 4.29. The first-order valence-corrected chi connectivity index (χ1v) is 9.52. The van der Waals surface area contributed by atoms with Crippen molar-refractivity contribution in [2.75, 3.05) is 0 Å². The van der Waals surface area contributed by atoms with Crippen molar-refractivity contribution >= 4 is 0 Å². The summed E-state index contributed by atoms with van der Waals surface area (Å²) in [7, 11) is 0. The zero-order valence-electron chi connectivity index (χ0n) is 16.9. The van der Waals surface area contributed by atoms with E-state index >= 15 is 0 Å². The van der Waals surface area contributed by atoms with Crippen LogP contribution in [0.15, 0.2) is 17.9 Å². The molecule has 0 aromatic carbocycles. The van der Waals surface area contributed by atoms with Gasteiger partial charge in [0, 0.05) is 0 Å². The Labute approximate surface area is 141 Å². The number of hydrogen-bond acceptors (Lipinski definition) is 0. The summed E-state index contributed by atoms with van der Waals surface area (Å²) < 4.78 is 0. The molecule has 4 atom stereocenters. The summed E-state index contributed by atoms with van der Waals surface area (Å²) in [5.74, 6) is 3.92. The summed E-state index contributed by atoms with van der Waals surface area (Å²) in [6.45, 7) is 21.1. The fourth-order valence-corrected chi connectivity index (χ4v) is 2.57. The number of allylic oxidation sites excluding steroid dienone is 1. The molecule has 0 rings (SSSR count). The highest BCUT2D eigenvalue weighted by molar-refractivity contribution is 4.96. The molecule has 22 heavy (non-hydrogen) atoms. The minimum atomic E-state index is 0.280. The Morgan fingerprint density at radius 1 is 0.864 bits per heavy atom. The van der Waals surface area contributed by atoms with Gasteiger partial charge in [-0.15, -0.1) is 5.73 Å². The standard InChI is InChI=1S/C22H42/c1-10-22(8,9)15-11-12-18(4)16-21(7)20(6)14-13-19(5)17(2)3/h12,15,17-21H,10,13-14,16H2,1-9H3. The van der Waals surface area contributed by atoms with E-state index in [1.54, 1.807) is 0 Å². The Morgan fingerprint density at radius 2 is 1.41 bits per heavy atom. The van der Waals surface area contributed by atoms with Crippen molar-refractivity contribution in [1.29, 1.82) is 0 Å². The minimum absolute atomic E-state index is 0.280. The van der Waals surface area contributed by atoms with Gasteiger partial charge in [0.25, 0.3) is 0 Å². The van der Waals surface area contributed by atoms with Crippen LogP contribution in [-0.2, 0) is 0 Å². The second-order valence-electron chi connectivity index (χ2n) is 8.79. The summed E-state index contributed by atoms with van der Waals surface area (Å²) in [6.07, 6.45) is 9.71. The molecule has 0 heterocycles. The van der Waals surface area contributed by atoms with Crippen LogP contribution in [0.2, 0.25) is 0 Å². The molecule has 0 aromatic heterocycles. The minimum Gasteiger partial charge on any atom is -0.129 e. The van der Waals surface area contributed by atoms with E-state index in [4.69, 9.17) is 0 Å². The topological polar surface area (TPSA) is 0 Å². The SMILES string of the molecule is CCC(C)(C)C=C=CC(C)CC(C)C(C)CCC(C)C(C)C. The molecule has 0 saturated carbocycles. The van der Waals surface area contributed by atoms with Gasteiger partial charge in [0.1, 0.15) is 0 Å². The lowest BCUT2D eigenvalue weighted by molar-refractivity contribution is 0.278. The maximum absolute atomic E-state index is 3.44. The number of hydrogen-bond donors (Lipinski definition) is 0. The molecule has 0 radical (unpaired) electrons. The zero-order chi connectivity index (χ0) is 17.3. The van der Waals surface area contributed by atoms with Crippen LogP contribution in [0.4, 0.5) is 0 Å². The van der Waals surface area contributed by atoms with Gasteiger partial charge in [0.2, 0.25) is 0 Å². The van der Waals surface area contributed by atoms with Crippen LogP contribution in [0.5, 0.6) is 0 Å². The van der Waals surface area contributed by atoms with Crippen LogP contribution in [0.1, 0.15) is 88.0 Å². The monoisotopic (exact) mass is 306 g/mol. The second-order valence-corrected chi connectivity index (χ2v) is 8.79. The van der Waals surface area contributed by atoms with E-state index < -0.39 is 0 Å². The first-order valence-electron chi connectivity index (χ1n) is 9.52. The van der Waals surface area contributed by atoms with Crippen molar-refractivity contribution in [1.82, 2.24) is 0 Å². The molecule has 0 nitrogen and oxygen atoms in total. The van der Waals surface area contributed by atoms with E-state index in [9.17, 15) is 0 Å². The summed E-state index contributed by atoms with van der Waals surface area (Å²) in [5, 5.41) is 0. The lowest BCUT2D eigenvalue weighted by Crippen LogP contribution is -2.13. The van der Waals surface area contributed by atoms with Gasteiger partial charge in [-0.1, -0.05) is 75.2 Å². The fourth-order valence-electron chi connectivity index (χ4n) is 2.57. The van der Waals surface area contributed by atoms with E-state index in [2.05, 4.69) is 80.2 Å². The van der Waals surface area contributed by atoms with E-state index in [0.29, 0.717) is 5.92 Å². The number of rotatable bonds is 10. The van der Waals surface area contributed by atoms with E-state index in [0.717, 1.165) is 23.7 Å². The zero-order valence-corrected chi connectivity index (χ0v) is 16.9. The predicted molar refractivity (Wildman–Crippen MR) is 102 cm³/mol. The molecule has 0 spiro atoms. The Bertz CT molecular complexity index is 341. The quantitative estimate of drug-likeness (QED) is 0.366. The van der Waals surface area contributed by atoms with Crippen LogP contribution < -0.4 is 0 Å². The Kier molecular flexibility index (Phi) is 10.1. The summed E-state index contributed by atoms with van der Waals surface area (Å²) in [5.41, 5.74) is 3.72. The molecule has 0 saturated heterocycles. The third-order valence-electron chi connectivity index (χ3n) is 5.70. The highest BCUT2D eigenvalue weighted by atomic mass is 14.2. The second kappa shape index (κ2) is 10.3. The molecule has 0 aliphatic rings. The smallest absolute Gasteiger partial charge is 0.0102 e. The maximum atomic E-state index is 3.44. The normalized spacial score (nSPS) is 17.5. The van der Waals surface area contributed by atoms with Crippen molar-refractivity contribution in [2.24, 2.45) is 35.0 Å². The molecule has 0 aliphatic heterocycles. The molecule has 130 valence electrons. The molecular weight excluding hydrogens is 264 g/mol. The van der Waals surface area contributed by atoms with E-state index in [1.807, 2.05) is 0 Å². The first-order chi connectivity index (χ1) is 10.1.